The molecule has 2 aromatic rings. The molecule has 0 saturated heterocycles. The Morgan fingerprint density at radius 2 is 2.00 bits per heavy atom. The van der Waals surface area contributed by atoms with Crippen LogP contribution in [0.1, 0.15) is 43.3 Å². The van der Waals surface area contributed by atoms with E-state index in [0.29, 0.717) is 6.04 Å². The molecule has 1 heterocycles. The fraction of sp³-hybridized carbons (Fsp3) is 0.438. The summed E-state index contributed by atoms with van der Waals surface area (Å²) < 4.78 is 2.01. The van der Waals surface area contributed by atoms with Gasteiger partial charge in [0.25, 0.3) is 0 Å². The second-order valence-electron chi connectivity index (χ2n) is 4.95. The number of nitrogens with one attached hydrogen (secondary N) is 1. The predicted molar refractivity (Wildman–Crippen MR) is 79.7 cm³/mol. The molecule has 0 amide bonds. The van der Waals surface area contributed by atoms with Crippen molar-refractivity contribution in [3.8, 4) is 5.69 Å². The lowest BCUT2D eigenvalue weighted by Gasteiger charge is -2.17. The zero-order valence-corrected chi connectivity index (χ0v) is 12.3. The van der Waals surface area contributed by atoms with Crippen molar-refractivity contribution in [2.24, 2.45) is 0 Å². The van der Waals surface area contributed by atoms with Crippen LogP contribution < -0.4 is 5.32 Å². The van der Waals surface area contributed by atoms with Crippen LogP contribution in [0.3, 0.4) is 0 Å². The fourth-order valence-electron chi connectivity index (χ4n) is 2.51. The first kappa shape index (κ1) is 13.8. The van der Waals surface area contributed by atoms with Gasteiger partial charge in [-0.3, -0.25) is 0 Å². The van der Waals surface area contributed by atoms with Crippen molar-refractivity contribution in [1.82, 2.24) is 15.1 Å². The maximum atomic E-state index is 4.55. The Hall–Kier alpha value is -1.61. The van der Waals surface area contributed by atoms with Crippen LogP contribution in [-0.2, 0) is 0 Å². The zero-order valence-electron chi connectivity index (χ0n) is 12.3. The molecular weight excluding hydrogens is 234 g/mol. The molecule has 0 spiro atoms. The number of hydrogen-bond donors (Lipinski definition) is 1. The van der Waals surface area contributed by atoms with Gasteiger partial charge in [0.05, 0.1) is 11.4 Å². The molecule has 1 N–H and O–H groups in total. The molecule has 1 unspecified atom stereocenters. The molecule has 3 heteroatoms. The molecule has 1 aromatic heterocycles. The number of aryl methyl sites for hydroxylation is 2. The summed E-state index contributed by atoms with van der Waals surface area (Å²) in [5.41, 5.74) is 4.70. The minimum Gasteiger partial charge on any atom is -0.310 e. The van der Waals surface area contributed by atoms with Crippen molar-refractivity contribution in [3.05, 3.63) is 47.3 Å². The number of rotatable bonds is 5. The summed E-state index contributed by atoms with van der Waals surface area (Å²) >= 11 is 0. The van der Waals surface area contributed by atoms with E-state index >= 15 is 0 Å². The van der Waals surface area contributed by atoms with Gasteiger partial charge in [0, 0.05) is 11.7 Å². The number of hydrogen-bond acceptors (Lipinski definition) is 2. The molecule has 0 bridgehead atoms. The van der Waals surface area contributed by atoms with Gasteiger partial charge in [-0.05, 0) is 50.6 Å². The van der Waals surface area contributed by atoms with E-state index in [9.17, 15) is 0 Å². The first-order chi connectivity index (χ1) is 9.15. The van der Waals surface area contributed by atoms with E-state index < -0.39 is 0 Å². The average Bonchev–Trinajstić information content (AvgIpc) is 2.75. The summed E-state index contributed by atoms with van der Waals surface area (Å²) in [6.45, 7) is 9.47. The van der Waals surface area contributed by atoms with Gasteiger partial charge in [0.1, 0.15) is 0 Å². The molecule has 0 aliphatic heterocycles. The minimum absolute atomic E-state index is 0.418. The molecule has 19 heavy (non-hydrogen) atoms. The van der Waals surface area contributed by atoms with Crippen LogP contribution in [0.5, 0.6) is 0 Å². The minimum atomic E-state index is 0.418. The molecule has 0 aliphatic carbocycles. The molecule has 1 atom stereocenters. The average molecular weight is 257 g/mol. The Bertz CT molecular complexity index is 543. The Labute approximate surface area is 115 Å². The van der Waals surface area contributed by atoms with E-state index in [1.807, 2.05) is 11.6 Å². The largest absolute Gasteiger partial charge is 0.310 e. The molecule has 0 fully saturated rings. The summed E-state index contributed by atoms with van der Waals surface area (Å²) in [5.74, 6) is 0. The van der Waals surface area contributed by atoms with Gasteiger partial charge < -0.3 is 5.32 Å². The van der Waals surface area contributed by atoms with Crippen molar-refractivity contribution >= 4 is 0 Å². The summed E-state index contributed by atoms with van der Waals surface area (Å²) in [7, 11) is 0. The second kappa shape index (κ2) is 6.02. The monoisotopic (exact) mass is 257 g/mol. The van der Waals surface area contributed by atoms with Gasteiger partial charge in [-0.1, -0.05) is 26.0 Å². The lowest BCUT2D eigenvalue weighted by molar-refractivity contribution is 0.537. The summed E-state index contributed by atoms with van der Waals surface area (Å²) in [6.07, 6.45) is 1.09. The van der Waals surface area contributed by atoms with E-state index in [1.54, 1.807) is 0 Å². The first-order valence-corrected chi connectivity index (χ1v) is 7.02. The van der Waals surface area contributed by atoms with E-state index in [-0.39, 0.29) is 0 Å². The van der Waals surface area contributed by atoms with Crippen LogP contribution in [0.15, 0.2) is 30.3 Å². The molecule has 3 nitrogen and oxygen atoms in total. The van der Waals surface area contributed by atoms with Crippen LogP contribution in [-0.4, -0.2) is 16.3 Å². The first-order valence-electron chi connectivity index (χ1n) is 7.02. The predicted octanol–water partition coefficient (Wildman–Crippen LogP) is 3.55. The SMILES string of the molecule is CCNC(CC)c1cccc(-n2nc(C)cc2C)c1. The highest BCUT2D eigenvalue weighted by Gasteiger charge is 2.10. The lowest BCUT2D eigenvalue weighted by atomic mass is 10.0. The van der Waals surface area contributed by atoms with E-state index in [0.717, 1.165) is 24.3 Å². The summed E-state index contributed by atoms with van der Waals surface area (Å²) in [4.78, 5) is 0. The normalized spacial score (nSPS) is 12.6. The van der Waals surface area contributed by atoms with Crippen molar-refractivity contribution < 1.29 is 0 Å². The molecule has 0 saturated carbocycles. The zero-order chi connectivity index (χ0) is 13.8. The third-order valence-corrected chi connectivity index (χ3v) is 3.39. The molecule has 1 aromatic carbocycles. The number of nitrogens with zero attached hydrogens (tertiary/aromatic N) is 2. The van der Waals surface area contributed by atoms with Gasteiger partial charge >= 0.3 is 0 Å². The maximum Gasteiger partial charge on any atom is 0.0652 e. The van der Waals surface area contributed by atoms with Crippen LogP contribution in [0, 0.1) is 13.8 Å². The quantitative estimate of drug-likeness (QED) is 0.887. The molecule has 0 radical (unpaired) electrons. The van der Waals surface area contributed by atoms with Gasteiger partial charge in [0.2, 0.25) is 0 Å². The van der Waals surface area contributed by atoms with Crippen molar-refractivity contribution in [1.29, 1.82) is 0 Å². The molecule has 2 rings (SSSR count). The van der Waals surface area contributed by atoms with E-state index in [1.165, 1.54) is 11.3 Å². The van der Waals surface area contributed by atoms with Crippen LogP contribution >= 0.6 is 0 Å². The maximum absolute atomic E-state index is 4.55. The molecule has 0 aliphatic rings. The van der Waals surface area contributed by atoms with Crippen LogP contribution in [0.2, 0.25) is 0 Å². The van der Waals surface area contributed by atoms with Crippen molar-refractivity contribution in [2.75, 3.05) is 6.54 Å². The second-order valence-corrected chi connectivity index (χ2v) is 4.95. The highest BCUT2D eigenvalue weighted by molar-refractivity contribution is 5.38. The van der Waals surface area contributed by atoms with Gasteiger partial charge in [-0.25, -0.2) is 4.68 Å². The van der Waals surface area contributed by atoms with Gasteiger partial charge in [0.15, 0.2) is 0 Å². The highest BCUT2D eigenvalue weighted by atomic mass is 15.3. The van der Waals surface area contributed by atoms with E-state index in [2.05, 4.69) is 61.5 Å². The fourth-order valence-corrected chi connectivity index (χ4v) is 2.51. The third-order valence-electron chi connectivity index (χ3n) is 3.39. The Morgan fingerprint density at radius 3 is 2.58 bits per heavy atom. The Kier molecular flexibility index (Phi) is 4.38. The third kappa shape index (κ3) is 3.04. The summed E-state index contributed by atoms with van der Waals surface area (Å²) in [6, 6.07) is 11.2. The lowest BCUT2D eigenvalue weighted by Crippen LogP contribution is -2.20. The Balaban J connectivity index is 2.36. The van der Waals surface area contributed by atoms with Gasteiger partial charge in [-0.15, -0.1) is 0 Å². The molecular formula is C16H23N3. The van der Waals surface area contributed by atoms with Crippen LogP contribution in [0.4, 0.5) is 0 Å². The number of aromatic nitrogens is 2. The van der Waals surface area contributed by atoms with Crippen molar-refractivity contribution in [3.63, 3.8) is 0 Å². The molecule has 102 valence electrons. The standard InChI is InChI=1S/C16H23N3/c1-5-16(17-6-2)14-8-7-9-15(11-14)19-13(4)10-12(3)18-19/h7-11,16-17H,5-6H2,1-4H3. The van der Waals surface area contributed by atoms with Crippen LogP contribution in [0.25, 0.3) is 5.69 Å². The number of benzene rings is 1. The summed E-state index contributed by atoms with van der Waals surface area (Å²) in [5, 5.41) is 8.07. The van der Waals surface area contributed by atoms with E-state index in [4.69, 9.17) is 0 Å². The van der Waals surface area contributed by atoms with Crippen molar-refractivity contribution in [2.45, 2.75) is 40.2 Å². The topological polar surface area (TPSA) is 29.9 Å². The highest BCUT2D eigenvalue weighted by Crippen LogP contribution is 2.20. The Morgan fingerprint density at radius 1 is 1.21 bits per heavy atom. The van der Waals surface area contributed by atoms with Gasteiger partial charge in [-0.2, -0.15) is 5.10 Å². The smallest absolute Gasteiger partial charge is 0.0652 e.